The molecule has 198 valence electrons. The van der Waals surface area contributed by atoms with E-state index in [2.05, 4.69) is 27.7 Å². The Morgan fingerprint density at radius 3 is 2.49 bits per heavy atom. The summed E-state index contributed by atoms with van der Waals surface area (Å²) in [5.41, 5.74) is 0.765. The van der Waals surface area contributed by atoms with Crippen LogP contribution in [0.25, 0.3) is 0 Å². The summed E-state index contributed by atoms with van der Waals surface area (Å²) in [7, 11) is 0. The lowest BCUT2D eigenvalue weighted by molar-refractivity contribution is -0.273. The Morgan fingerprint density at radius 2 is 1.74 bits per heavy atom. The molecule has 6 fully saturated rings. The first-order valence-corrected chi connectivity index (χ1v) is 14.9. The monoisotopic (exact) mass is 488 g/mol. The van der Waals surface area contributed by atoms with Crippen LogP contribution in [-0.2, 0) is 18.9 Å². The Bertz CT molecular complexity index is 820. The molecule has 0 aromatic carbocycles. The second kappa shape index (κ2) is 8.61. The molecule has 0 bridgehead atoms. The van der Waals surface area contributed by atoms with Crippen molar-refractivity contribution in [3.8, 4) is 0 Å². The number of fused-ring (bicyclic) bond motifs is 7. The number of hydrogen-bond donors (Lipinski definition) is 0. The average molecular weight is 489 g/mol. The van der Waals surface area contributed by atoms with Crippen molar-refractivity contribution in [3.05, 3.63) is 0 Å². The zero-order chi connectivity index (χ0) is 24.6. The molecule has 12 atom stereocenters. The molecule has 4 aliphatic carbocycles. The van der Waals surface area contributed by atoms with Gasteiger partial charge in [-0.2, -0.15) is 0 Å². The molecule has 2 heterocycles. The van der Waals surface area contributed by atoms with Crippen molar-refractivity contribution >= 4 is 6.16 Å². The second-order valence-electron chi connectivity index (χ2n) is 13.9. The van der Waals surface area contributed by atoms with Gasteiger partial charge in [0.15, 0.2) is 5.79 Å². The summed E-state index contributed by atoms with van der Waals surface area (Å²) < 4.78 is 24.2. The minimum absolute atomic E-state index is 0.0343. The van der Waals surface area contributed by atoms with Gasteiger partial charge >= 0.3 is 6.16 Å². The first kappa shape index (κ1) is 24.5. The second-order valence-corrected chi connectivity index (χ2v) is 13.9. The standard InChI is InChI=1S/C30H48O5/c1-6-32-27(31)34-21-10-12-28(4)20(15-21)7-8-22-23(28)11-13-29(5)24(22)16-25-26(29)19(3)30(35-25)14-9-18(2)17-33-30/h18-26H,6-17H2,1-5H3/t18-,19?,20?,21-,22?,23?,24?,25?,26?,28-,29-,30+/m0/s1. The van der Waals surface area contributed by atoms with Gasteiger partial charge in [0, 0.05) is 12.3 Å². The summed E-state index contributed by atoms with van der Waals surface area (Å²) in [6, 6.07) is 0. The summed E-state index contributed by atoms with van der Waals surface area (Å²) >= 11 is 0. The minimum Gasteiger partial charge on any atom is -0.435 e. The van der Waals surface area contributed by atoms with Crippen molar-refractivity contribution in [2.75, 3.05) is 13.2 Å². The maximum absolute atomic E-state index is 11.9. The summed E-state index contributed by atoms with van der Waals surface area (Å²) in [6.07, 6.45) is 12.0. The number of ether oxygens (including phenoxy) is 4. The van der Waals surface area contributed by atoms with Gasteiger partial charge in [-0.25, -0.2) is 4.79 Å². The number of carbonyl (C=O) groups is 1. The molecule has 2 aliphatic heterocycles. The molecule has 5 nitrogen and oxygen atoms in total. The lowest BCUT2D eigenvalue weighted by Gasteiger charge is -2.61. The van der Waals surface area contributed by atoms with Gasteiger partial charge in [0.25, 0.3) is 0 Å². The van der Waals surface area contributed by atoms with Gasteiger partial charge in [0.05, 0.1) is 19.3 Å². The van der Waals surface area contributed by atoms with E-state index in [4.69, 9.17) is 18.9 Å². The fraction of sp³-hybridized carbons (Fsp3) is 0.967. The molecule has 35 heavy (non-hydrogen) atoms. The molecule has 0 N–H and O–H groups in total. The van der Waals surface area contributed by atoms with Crippen molar-refractivity contribution in [1.82, 2.24) is 0 Å². The highest BCUT2D eigenvalue weighted by molar-refractivity contribution is 5.60. The van der Waals surface area contributed by atoms with Crippen molar-refractivity contribution in [1.29, 1.82) is 0 Å². The SMILES string of the molecule is CCOC(=O)O[C@H]1CC[C@@]2(C)C(CCC3C2CC[C@@]2(C)C3CC3O[C@]4(CC[C@H](C)CO4)C(C)C32)C1. The van der Waals surface area contributed by atoms with Crippen LogP contribution in [0.3, 0.4) is 0 Å². The zero-order valence-corrected chi connectivity index (χ0v) is 22.7. The van der Waals surface area contributed by atoms with Crippen LogP contribution in [0.5, 0.6) is 0 Å². The molecule has 6 aliphatic rings. The average Bonchev–Trinajstić information content (AvgIpc) is 3.26. The van der Waals surface area contributed by atoms with Crippen LogP contribution in [0, 0.1) is 52.3 Å². The highest BCUT2D eigenvalue weighted by Crippen LogP contribution is 2.71. The first-order valence-electron chi connectivity index (χ1n) is 14.9. The van der Waals surface area contributed by atoms with Crippen LogP contribution in [0.1, 0.15) is 98.8 Å². The van der Waals surface area contributed by atoms with Gasteiger partial charge < -0.3 is 18.9 Å². The quantitative estimate of drug-likeness (QED) is 0.393. The van der Waals surface area contributed by atoms with Gasteiger partial charge in [-0.05, 0) is 111 Å². The minimum atomic E-state index is -0.482. The molecule has 2 saturated heterocycles. The molecule has 1 spiro atoms. The maximum atomic E-state index is 11.9. The molecule has 7 unspecified atom stereocenters. The van der Waals surface area contributed by atoms with Gasteiger partial charge in [-0.15, -0.1) is 0 Å². The van der Waals surface area contributed by atoms with Crippen molar-refractivity contribution in [2.45, 2.75) is 117 Å². The normalized spacial score (nSPS) is 54.9. The largest absolute Gasteiger partial charge is 0.508 e. The van der Waals surface area contributed by atoms with E-state index < -0.39 is 6.16 Å². The van der Waals surface area contributed by atoms with Gasteiger partial charge in [-0.1, -0.05) is 27.7 Å². The van der Waals surface area contributed by atoms with Crippen LogP contribution in [0.4, 0.5) is 4.79 Å². The van der Waals surface area contributed by atoms with E-state index in [-0.39, 0.29) is 11.9 Å². The Labute approximate surface area is 212 Å². The zero-order valence-electron chi connectivity index (χ0n) is 22.7. The van der Waals surface area contributed by atoms with Crippen molar-refractivity contribution in [2.24, 2.45) is 52.3 Å². The third-order valence-electron chi connectivity index (χ3n) is 12.4. The summed E-state index contributed by atoms with van der Waals surface area (Å²) in [6.45, 7) is 13.0. The predicted molar refractivity (Wildman–Crippen MR) is 134 cm³/mol. The Morgan fingerprint density at radius 1 is 0.943 bits per heavy atom. The fourth-order valence-electron chi connectivity index (χ4n) is 10.6. The maximum Gasteiger partial charge on any atom is 0.508 e. The molecular formula is C30H48O5. The Balaban J connectivity index is 1.17. The predicted octanol–water partition coefficient (Wildman–Crippen LogP) is 6.97. The van der Waals surface area contributed by atoms with Gasteiger partial charge in [0.1, 0.15) is 6.10 Å². The Kier molecular flexibility index (Phi) is 6.03. The molecule has 4 saturated carbocycles. The van der Waals surface area contributed by atoms with Crippen molar-refractivity contribution in [3.63, 3.8) is 0 Å². The third-order valence-corrected chi connectivity index (χ3v) is 12.4. The molecular weight excluding hydrogens is 440 g/mol. The van der Waals surface area contributed by atoms with Crippen LogP contribution >= 0.6 is 0 Å². The fourth-order valence-corrected chi connectivity index (χ4v) is 10.6. The summed E-state index contributed by atoms with van der Waals surface area (Å²) in [5.74, 6) is 4.55. The van der Waals surface area contributed by atoms with E-state index >= 15 is 0 Å². The molecule has 0 aromatic rings. The highest BCUT2D eigenvalue weighted by atomic mass is 16.7. The number of hydrogen-bond acceptors (Lipinski definition) is 5. The van der Waals surface area contributed by atoms with Gasteiger partial charge in [-0.3, -0.25) is 0 Å². The van der Waals surface area contributed by atoms with Crippen LogP contribution in [-0.4, -0.2) is 37.4 Å². The Hall–Kier alpha value is -0.810. The summed E-state index contributed by atoms with van der Waals surface area (Å²) in [5, 5.41) is 0. The smallest absolute Gasteiger partial charge is 0.435 e. The van der Waals surface area contributed by atoms with Crippen LogP contribution in [0.15, 0.2) is 0 Å². The molecule has 0 amide bonds. The van der Waals surface area contributed by atoms with E-state index in [0.29, 0.717) is 47.2 Å². The lowest BCUT2D eigenvalue weighted by Crippen LogP contribution is -2.55. The third kappa shape index (κ3) is 3.64. The van der Waals surface area contributed by atoms with Gasteiger partial charge in [0.2, 0.25) is 0 Å². The van der Waals surface area contributed by atoms with E-state index in [1.807, 2.05) is 6.92 Å². The lowest BCUT2D eigenvalue weighted by atomic mass is 9.44. The van der Waals surface area contributed by atoms with Crippen LogP contribution in [0.2, 0.25) is 0 Å². The topological polar surface area (TPSA) is 54.0 Å². The van der Waals surface area contributed by atoms with E-state index in [0.717, 1.165) is 43.6 Å². The highest BCUT2D eigenvalue weighted by Gasteiger charge is 2.69. The molecule has 6 rings (SSSR count). The van der Waals surface area contributed by atoms with Crippen LogP contribution < -0.4 is 0 Å². The van der Waals surface area contributed by atoms with E-state index in [1.54, 1.807) is 0 Å². The number of carbonyl (C=O) groups excluding carboxylic acids is 1. The summed E-state index contributed by atoms with van der Waals surface area (Å²) in [4.78, 5) is 11.9. The van der Waals surface area contributed by atoms with E-state index in [9.17, 15) is 4.79 Å². The molecule has 5 heteroatoms. The first-order chi connectivity index (χ1) is 16.7. The van der Waals surface area contributed by atoms with E-state index in [1.165, 1.54) is 44.9 Å². The van der Waals surface area contributed by atoms with Crippen molar-refractivity contribution < 1.29 is 23.7 Å². The molecule has 0 aromatic heterocycles. The number of rotatable bonds is 2. The molecule has 0 radical (unpaired) electrons.